The van der Waals surface area contributed by atoms with Gasteiger partial charge >= 0.3 is 4.87 Å². The highest BCUT2D eigenvalue weighted by molar-refractivity contribution is 7.07. The molecule has 3 aromatic carbocycles. The van der Waals surface area contributed by atoms with Crippen molar-refractivity contribution < 1.29 is 0 Å². The standard InChI is InChI=1S/C27H27N3OS/c31-27-28-24(18-32-27)20-9-7-19(8-10-20)11-12-29-13-15-30(16-14-29)25-17-22-5-1-3-21-4-2-6-23(25)26(21)22/h1-10,18,25H,11-17H2,(H,28,31). The molecule has 0 saturated carbocycles. The molecule has 0 amide bonds. The van der Waals surface area contributed by atoms with Crippen molar-refractivity contribution in [1.82, 2.24) is 14.8 Å². The molecule has 1 aliphatic carbocycles. The molecule has 32 heavy (non-hydrogen) atoms. The summed E-state index contributed by atoms with van der Waals surface area (Å²) in [5.74, 6) is 0. The third kappa shape index (κ3) is 3.71. The fraction of sp³-hybridized carbons (Fsp3) is 0.296. The van der Waals surface area contributed by atoms with Crippen LogP contribution in [0.5, 0.6) is 0 Å². The number of rotatable bonds is 5. The molecule has 6 rings (SSSR count). The lowest BCUT2D eigenvalue weighted by Gasteiger charge is -2.38. The molecule has 1 saturated heterocycles. The van der Waals surface area contributed by atoms with E-state index in [0.717, 1.165) is 56.8 Å². The van der Waals surface area contributed by atoms with Gasteiger partial charge in [0.2, 0.25) is 0 Å². The van der Waals surface area contributed by atoms with Crippen molar-refractivity contribution in [3.63, 3.8) is 0 Å². The van der Waals surface area contributed by atoms with Crippen molar-refractivity contribution in [2.24, 2.45) is 0 Å². The molecule has 1 aliphatic heterocycles. The van der Waals surface area contributed by atoms with E-state index in [0.29, 0.717) is 6.04 Å². The maximum Gasteiger partial charge on any atom is 0.304 e. The largest absolute Gasteiger partial charge is 0.312 e. The first-order valence-electron chi connectivity index (χ1n) is 11.5. The minimum atomic E-state index is 0.00128. The Morgan fingerprint density at radius 3 is 2.47 bits per heavy atom. The minimum Gasteiger partial charge on any atom is -0.312 e. The zero-order valence-corrected chi connectivity index (χ0v) is 18.9. The summed E-state index contributed by atoms with van der Waals surface area (Å²) in [5.41, 5.74) is 6.38. The fourth-order valence-electron chi connectivity index (χ4n) is 5.40. The van der Waals surface area contributed by atoms with Crippen LogP contribution >= 0.6 is 11.3 Å². The van der Waals surface area contributed by atoms with Crippen LogP contribution in [0.1, 0.15) is 22.7 Å². The molecule has 2 aliphatic rings. The van der Waals surface area contributed by atoms with Crippen LogP contribution in [0, 0.1) is 0 Å². The van der Waals surface area contributed by atoms with Gasteiger partial charge in [0.1, 0.15) is 0 Å². The van der Waals surface area contributed by atoms with Gasteiger partial charge in [0, 0.05) is 44.1 Å². The molecule has 0 radical (unpaired) electrons. The number of hydrogen-bond donors (Lipinski definition) is 1. The number of piperazine rings is 1. The molecule has 0 spiro atoms. The Balaban J connectivity index is 1.05. The van der Waals surface area contributed by atoms with E-state index >= 15 is 0 Å². The molecule has 5 heteroatoms. The Kier molecular flexibility index (Phi) is 5.18. The van der Waals surface area contributed by atoms with Gasteiger partial charge in [0.05, 0.1) is 5.69 Å². The Labute approximate surface area is 192 Å². The summed E-state index contributed by atoms with van der Waals surface area (Å²) in [6.07, 6.45) is 2.22. The van der Waals surface area contributed by atoms with Gasteiger partial charge < -0.3 is 9.88 Å². The first kappa shape index (κ1) is 19.9. The highest BCUT2D eigenvalue weighted by atomic mass is 32.1. The molecular formula is C27H27N3OS. The first-order valence-corrected chi connectivity index (χ1v) is 12.4. The van der Waals surface area contributed by atoms with E-state index in [1.54, 1.807) is 0 Å². The van der Waals surface area contributed by atoms with Crippen LogP contribution in [-0.2, 0) is 12.8 Å². The molecule has 1 aromatic heterocycles. The second-order valence-corrected chi connectivity index (χ2v) is 9.81. The number of hydrogen-bond acceptors (Lipinski definition) is 4. The summed E-state index contributed by atoms with van der Waals surface area (Å²) in [6.45, 7) is 5.65. The normalized spacial score (nSPS) is 19.1. The molecule has 2 heterocycles. The van der Waals surface area contributed by atoms with Crippen molar-refractivity contribution in [1.29, 1.82) is 0 Å². The Morgan fingerprint density at radius 2 is 1.72 bits per heavy atom. The molecule has 1 atom stereocenters. The maximum absolute atomic E-state index is 11.4. The lowest BCUT2D eigenvalue weighted by molar-refractivity contribution is 0.0985. The summed E-state index contributed by atoms with van der Waals surface area (Å²) >= 11 is 1.22. The summed E-state index contributed by atoms with van der Waals surface area (Å²) < 4.78 is 0. The number of benzene rings is 3. The van der Waals surface area contributed by atoms with E-state index in [2.05, 4.69) is 75.4 Å². The molecule has 0 bridgehead atoms. The van der Waals surface area contributed by atoms with Crippen LogP contribution in [0.3, 0.4) is 0 Å². The van der Waals surface area contributed by atoms with Gasteiger partial charge in [-0.05, 0) is 45.9 Å². The molecule has 4 aromatic rings. The summed E-state index contributed by atoms with van der Waals surface area (Å²) in [4.78, 5) is 19.6. The summed E-state index contributed by atoms with van der Waals surface area (Å²) in [6, 6.07) is 22.7. The Morgan fingerprint density at radius 1 is 0.938 bits per heavy atom. The van der Waals surface area contributed by atoms with Crippen molar-refractivity contribution >= 4 is 22.1 Å². The second-order valence-electron chi connectivity index (χ2n) is 8.97. The van der Waals surface area contributed by atoms with Crippen molar-refractivity contribution in [3.05, 3.63) is 92.4 Å². The lowest BCUT2D eigenvalue weighted by Crippen LogP contribution is -2.48. The maximum atomic E-state index is 11.4. The predicted octanol–water partition coefficient (Wildman–Crippen LogP) is 4.71. The van der Waals surface area contributed by atoms with E-state index in [-0.39, 0.29) is 4.87 Å². The van der Waals surface area contributed by atoms with Crippen LogP contribution in [0.4, 0.5) is 0 Å². The average molecular weight is 442 g/mol. The highest BCUT2D eigenvalue weighted by Crippen LogP contribution is 2.40. The lowest BCUT2D eigenvalue weighted by atomic mass is 10.0. The third-order valence-corrected chi connectivity index (χ3v) is 7.82. The number of thiazole rings is 1. The average Bonchev–Trinajstić information content (AvgIpc) is 3.44. The Hall–Kier alpha value is -2.73. The van der Waals surface area contributed by atoms with Gasteiger partial charge in [-0.1, -0.05) is 72.0 Å². The zero-order chi connectivity index (χ0) is 21.5. The molecule has 1 unspecified atom stereocenters. The number of aromatic nitrogens is 1. The number of nitrogens with one attached hydrogen (secondary N) is 1. The predicted molar refractivity (Wildman–Crippen MR) is 132 cm³/mol. The van der Waals surface area contributed by atoms with Gasteiger partial charge in [-0.25, -0.2) is 0 Å². The van der Waals surface area contributed by atoms with Crippen LogP contribution in [0.25, 0.3) is 22.0 Å². The molecule has 1 fully saturated rings. The van der Waals surface area contributed by atoms with Crippen LogP contribution in [0.15, 0.2) is 70.8 Å². The van der Waals surface area contributed by atoms with Gasteiger partial charge in [-0.15, -0.1) is 0 Å². The number of aromatic amines is 1. The summed E-state index contributed by atoms with van der Waals surface area (Å²) in [5, 5.41) is 4.77. The number of nitrogens with zero attached hydrogens (tertiary/aromatic N) is 2. The van der Waals surface area contributed by atoms with Crippen LogP contribution in [-0.4, -0.2) is 47.5 Å². The van der Waals surface area contributed by atoms with Gasteiger partial charge in [-0.3, -0.25) is 9.69 Å². The van der Waals surface area contributed by atoms with Gasteiger partial charge in [0.15, 0.2) is 0 Å². The topological polar surface area (TPSA) is 39.3 Å². The van der Waals surface area contributed by atoms with Gasteiger partial charge in [0.25, 0.3) is 0 Å². The van der Waals surface area contributed by atoms with E-state index in [9.17, 15) is 4.79 Å². The van der Waals surface area contributed by atoms with Gasteiger partial charge in [-0.2, -0.15) is 0 Å². The Bertz CT molecular complexity index is 1290. The van der Waals surface area contributed by atoms with Crippen molar-refractivity contribution in [3.8, 4) is 11.3 Å². The zero-order valence-electron chi connectivity index (χ0n) is 18.1. The van der Waals surface area contributed by atoms with E-state index in [4.69, 9.17) is 0 Å². The molecule has 162 valence electrons. The molecule has 4 nitrogen and oxygen atoms in total. The van der Waals surface area contributed by atoms with Crippen LogP contribution < -0.4 is 4.87 Å². The molecule has 1 N–H and O–H groups in total. The molecular weight excluding hydrogens is 414 g/mol. The number of H-pyrrole nitrogens is 1. The van der Waals surface area contributed by atoms with E-state index in [1.807, 2.05) is 5.38 Å². The van der Waals surface area contributed by atoms with E-state index < -0.39 is 0 Å². The van der Waals surface area contributed by atoms with Crippen molar-refractivity contribution in [2.75, 3.05) is 32.7 Å². The minimum absolute atomic E-state index is 0.00128. The highest BCUT2D eigenvalue weighted by Gasteiger charge is 2.31. The smallest absolute Gasteiger partial charge is 0.304 e. The monoisotopic (exact) mass is 441 g/mol. The summed E-state index contributed by atoms with van der Waals surface area (Å²) in [7, 11) is 0. The first-order chi connectivity index (χ1) is 15.7. The second kappa shape index (κ2) is 8.32. The van der Waals surface area contributed by atoms with Crippen molar-refractivity contribution in [2.45, 2.75) is 18.9 Å². The quantitative estimate of drug-likeness (QED) is 0.487. The van der Waals surface area contributed by atoms with Crippen LogP contribution in [0.2, 0.25) is 0 Å². The SMILES string of the molecule is O=c1[nH]c(-c2ccc(CCN3CCN(C4Cc5cccc6cccc4c56)CC3)cc2)cs1. The van der Waals surface area contributed by atoms with E-state index in [1.165, 1.54) is 38.8 Å². The third-order valence-electron chi connectivity index (χ3n) is 7.15. The fourth-order valence-corrected chi connectivity index (χ4v) is 5.99.